The maximum atomic E-state index is 11.0. The molecule has 0 aromatic heterocycles. The number of hydrogen-bond donors (Lipinski definition) is 1. The van der Waals surface area contributed by atoms with Gasteiger partial charge in [-0.05, 0) is 11.6 Å². The smallest absolute Gasteiger partial charge is 0.292 e. The first-order chi connectivity index (χ1) is 6.14. The second-order valence-electron chi connectivity index (χ2n) is 2.47. The zero-order valence-corrected chi connectivity index (χ0v) is 7.87. The lowest BCUT2D eigenvalue weighted by atomic mass is 10.2. The van der Waals surface area contributed by atoms with Gasteiger partial charge < -0.3 is 4.72 Å². The molecule has 0 aliphatic rings. The molecule has 0 bridgehead atoms. The summed E-state index contributed by atoms with van der Waals surface area (Å²) in [5.74, 6) is 0. The molecule has 4 heteroatoms. The van der Waals surface area contributed by atoms with Crippen molar-refractivity contribution in [3.8, 4) is 0 Å². The van der Waals surface area contributed by atoms with E-state index in [1.54, 1.807) is 0 Å². The Hall–Kier alpha value is -1.13. The number of quaternary nitrogens is 1. The van der Waals surface area contributed by atoms with Gasteiger partial charge in [0.2, 0.25) is 0 Å². The summed E-state index contributed by atoms with van der Waals surface area (Å²) in [6, 6.07) is 9.23. The van der Waals surface area contributed by atoms with E-state index in [0.29, 0.717) is 0 Å². The van der Waals surface area contributed by atoms with Gasteiger partial charge in [-0.25, -0.2) is 0 Å². The summed E-state index contributed by atoms with van der Waals surface area (Å²) in [5.41, 5.74) is 0.855. The van der Waals surface area contributed by atoms with Crippen LogP contribution in [0.15, 0.2) is 35.7 Å². The average molecular weight is 197 g/mol. The van der Waals surface area contributed by atoms with Gasteiger partial charge in [0, 0.05) is 0 Å². The van der Waals surface area contributed by atoms with Crippen LogP contribution in [0, 0.1) is 7.05 Å². The Bertz CT molecular complexity index is 381. The molecule has 0 atom stereocenters. The van der Waals surface area contributed by atoms with Crippen LogP contribution in [-0.2, 0) is 10.0 Å². The minimum atomic E-state index is -3.23. The van der Waals surface area contributed by atoms with Crippen LogP contribution >= 0.6 is 0 Å². The molecule has 0 spiro atoms. The third kappa shape index (κ3) is 3.40. The van der Waals surface area contributed by atoms with E-state index in [9.17, 15) is 8.42 Å². The SMILES string of the molecule is [CH2-][NH2+]S(=O)(=O)C=Cc1ccccc1. The van der Waals surface area contributed by atoms with Crippen molar-refractivity contribution < 1.29 is 13.1 Å². The third-order valence-corrected chi connectivity index (χ3v) is 2.46. The molecule has 70 valence electrons. The molecule has 0 aliphatic carbocycles. The van der Waals surface area contributed by atoms with E-state index in [4.69, 9.17) is 0 Å². The topological polar surface area (TPSA) is 50.8 Å². The first kappa shape index (κ1) is 9.95. The zero-order chi connectivity index (χ0) is 9.73. The van der Waals surface area contributed by atoms with Crippen LogP contribution in [0.25, 0.3) is 6.08 Å². The Kier molecular flexibility index (Phi) is 3.22. The fourth-order valence-electron chi connectivity index (χ4n) is 0.793. The molecule has 1 rings (SSSR count). The second kappa shape index (κ2) is 4.20. The standard InChI is InChI=1S/C9H11NO2S/c1-10-13(11,12)8-7-9-5-3-2-4-6-9/h2-8H,1,10H2. The molecule has 0 saturated carbocycles. The zero-order valence-electron chi connectivity index (χ0n) is 7.05. The predicted molar refractivity (Wildman–Crippen MR) is 51.7 cm³/mol. The summed E-state index contributed by atoms with van der Waals surface area (Å²) >= 11 is 0. The molecule has 0 amide bonds. The van der Waals surface area contributed by atoms with Gasteiger partial charge >= 0.3 is 0 Å². The minimum Gasteiger partial charge on any atom is -0.368 e. The largest absolute Gasteiger partial charge is 0.368 e. The highest BCUT2D eigenvalue weighted by Gasteiger charge is 1.98. The highest BCUT2D eigenvalue weighted by molar-refractivity contribution is 7.87. The van der Waals surface area contributed by atoms with Crippen LogP contribution in [0.2, 0.25) is 0 Å². The lowest BCUT2D eigenvalue weighted by molar-refractivity contribution is -0.422. The Morgan fingerprint density at radius 3 is 2.38 bits per heavy atom. The number of sulfonamides is 1. The number of nitrogens with two attached hydrogens (primary N) is 1. The molecule has 3 nitrogen and oxygen atoms in total. The summed E-state index contributed by atoms with van der Waals surface area (Å²) < 4.78 is 22.9. The molecular weight excluding hydrogens is 186 g/mol. The number of primary sulfonamides is 1. The van der Waals surface area contributed by atoms with Crippen LogP contribution in [0.4, 0.5) is 0 Å². The molecule has 0 saturated heterocycles. The summed E-state index contributed by atoms with van der Waals surface area (Å²) in [7, 11) is -0.0289. The third-order valence-electron chi connectivity index (χ3n) is 1.48. The Labute approximate surface area is 78.1 Å². The molecule has 1 aromatic rings. The maximum absolute atomic E-state index is 11.0. The fourth-order valence-corrected chi connectivity index (χ4v) is 1.25. The quantitative estimate of drug-likeness (QED) is 0.710. The monoisotopic (exact) mass is 197 g/mol. The Morgan fingerprint density at radius 2 is 1.85 bits per heavy atom. The van der Waals surface area contributed by atoms with E-state index in [-0.39, 0.29) is 0 Å². The predicted octanol–water partition coefficient (Wildman–Crippen LogP) is 0.342. The highest BCUT2D eigenvalue weighted by Crippen LogP contribution is 2.01. The Morgan fingerprint density at radius 1 is 1.23 bits per heavy atom. The van der Waals surface area contributed by atoms with Crippen LogP contribution in [0.3, 0.4) is 0 Å². The average Bonchev–Trinajstić information content (AvgIpc) is 2.17. The van der Waals surface area contributed by atoms with E-state index in [1.165, 1.54) is 6.08 Å². The lowest BCUT2D eigenvalue weighted by Crippen LogP contribution is -2.79. The van der Waals surface area contributed by atoms with E-state index in [2.05, 4.69) is 7.05 Å². The van der Waals surface area contributed by atoms with E-state index >= 15 is 0 Å². The maximum Gasteiger partial charge on any atom is 0.292 e. The van der Waals surface area contributed by atoms with Crippen molar-refractivity contribution in [2.75, 3.05) is 0 Å². The second-order valence-corrected chi connectivity index (χ2v) is 4.25. The van der Waals surface area contributed by atoms with Gasteiger partial charge in [0.1, 0.15) is 0 Å². The van der Waals surface area contributed by atoms with E-state index < -0.39 is 10.0 Å². The molecule has 0 radical (unpaired) electrons. The Balaban J connectivity index is 2.82. The van der Waals surface area contributed by atoms with Crippen molar-refractivity contribution in [3.05, 3.63) is 48.4 Å². The highest BCUT2D eigenvalue weighted by atomic mass is 32.2. The normalized spacial score (nSPS) is 12.1. The van der Waals surface area contributed by atoms with Gasteiger partial charge in [0.05, 0.1) is 5.41 Å². The van der Waals surface area contributed by atoms with Crippen LogP contribution in [0.5, 0.6) is 0 Å². The lowest BCUT2D eigenvalue weighted by Gasteiger charge is -1.95. The first-order valence-corrected chi connectivity index (χ1v) is 5.36. The fraction of sp³-hybridized carbons (Fsp3) is 0. The van der Waals surface area contributed by atoms with Gasteiger partial charge in [-0.3, -0.25) is 0 Å². The van der Waals surface area contributed by atoms with Crippen LogP contribution in [0.1, 0.15) is 5.56 Å². The van der Waals surface area contributed by atoms with E-state index in [0.717, 1.165) is 15.7 Å². The summed E-state index contributed by atoms with van der Waals surface area (Å²) in [6.07, 6.45) is 1.54. The molecule has 1 aromatic carbocycles. The molecule has 0 aliphatic heterocycles. The summed E-state index contributed by atoms with van der Waals surface area (Å²) in [4.78, 5) is 0. The first-order valence-electron chi connectivity index (χ1n) is 3.75. The molecule has 13 heavy (non-hydrogen) atoms. The molecular formula is C9H11NO2S. The number of benzene rings is 1. The number of rotatable bonds is 3. The van der Waals surface area contributed by atoms with Gasteiger partial charge in [-0.1, -0.05) is 30.3 Å². The van der Waals surface area contributed by atoms with Crippen molar-refractivity contribution in [3.63, 3.8) is 0 Å². The van der Waals surface area contributed by atoms with Crippen molar-refractivity contribution in [2.45, 2.75) is 0 Å². The minimum absolute atomic E-state index is 0.855. The summed E-state index contributed by atoms with van der Waals surface area (Å²) in [6.45, 7) is 0. The van der Waals surface area contributed by atoms with Gasteiger partial charge in [-0.2, -0.15) is 8.42 Å². The molecule has 0 fully saturated rings. The molecule has 0 unspecified atom stereocenters. The van der Waals surface area contributed by atoms with Crippen molar-refractivity contribution in [1.29, 1.82) is 0 Å². The molecule has 0 heterocycles. The molecule has 2 N–H and O–H groups in total. The van der Waals surface area contributed by atoms with Crippen molar-refractivity contribution >= 4 is 16.1 Å². The summed E-state index contributed by atoms with van der Waals surface area (Å²) in [5, 5.41) is 1.13. The van der Waals surface area contributed by atoms with Gasteiger partial charge in [0.15, 0.2) is 0 Å². The van der Waals surface area contributed by atoms with Crippen molar-refractivity contribution in [1.82, 2.24) is 0 Å². The van der Waals surface area contributed by atoms with Gasteiger partial charge in [-0.15, -0.1) is 7.05 Å². The van der Waals surface area contributed by atoms with Crippen LogP contribution < -0.4 is 4.72 Å². The van der Waals surface area contributed by atoms with Gasteiger partial charge in [0.25, 0.3) is 10.0 Å². The van der Waals surface area contributed by atoms with Crippen molar-refractivity contribution in [2.24, 2.45) is 0 Å². The van der Waals surface area contributed by atoms with E-state index in [1.807, 2.05) is 30.3 Å². The number of hydrogen-bond acceptors (Lipinski definition) is 2. The van der Waals surface area contributed by atoms with Crippen LogP contribution in [-0.4, -0.2) is 8.42 Å².